The summed E-state index contributed by atoms with van der Waals surface area (Å²) in [5.41, 5.74) is 8.18. The van der Waals surface area contributed by atoms with Crippen molar-refractivity contribution < 1.29 is 0 Å². The summed E-state index contributed by atoms with van der Waals surface area (Å²) in [7, 11) is 0. The largest absolute Gasteiger partial charge is 0.143 e. The molecule has 0 unspecified atom stereocenters. The minimum absolute atomic E-state index is 1.21. The van der Waals surface area contributed by atoms with Gasteiger partial charge in [-0.15, -0.1) is 56.7 Å². The quantitative estimate of drug-likeness (QED) is 0.0340. The number of hydrogen-bond acceptors (Lipinski definition) is 5. The zero-order valence-electron chi connectivity index (χ0n) is 56.5. The van der Waals surface area contributed by atoms with Crippen molar-refractivity contribution in [2.75, 3.05) is 0 Å². The van der Waals surface area contributed by atoms with Crippen LogP contribution in [0.25, 0.3) is 39.0 Å². The topological polar surface area (TPSA) is 0 Å². The standard InChI is InChI=1S/C80H132S5/c1-6-11-16-21-26-31-36-41-46-51-56-68-61-63-81-77(68)79-71(59-54-49-44-39-34-29-24-19-14-9-4)66-74(84-79)73-65-70(58-53-48-43-38-33-28-23-18-13-8-3)76(83-73)75-67-72(60-55-50-45-40-35-30-25-20-15-10-5)80(85-75)78-69(62-64-82-78)57-52-47-42-37-32-27-22-17-12-7-2/h61-67H,6-60H2,1-5H3. The van der Waals surface area contributed by atoms with E-state index in [-0.39, 0.29) is 0 Å². The van der Waals surface area contributed by atoms with Crippen LogP contribution in [0.15, 0.2) is 41.1 Å². The molecule has 0 atom stereocenters. The van der Waals surface area contributed by atoms with Crippen LogP contribution in [-0.4, -0.2) is 0 Å². The Bertz CT molecular complexity index is 2290. The summed E-state index contributed by atoms with van der Waals surface area (Å²) in [5, 5.41) is 4.86. The summed E-state index contributed by atoms with van der Waals surface area (Å²) >= 11 is 10.6. The number of unbranched alkanes of at least 4 members (excludes halogenated alkanes) is 45. The first-order valence-electron chi connectivity index (χ1n) is 37.6. The van der Waals surface area contributed by atoms with Crippen LogP contribution in [0.5, 0.6) is 0 Å². The van der Waals surface area contributed by atoms with Crippen molar-refractivity contribution >= 4 is 56.7 Å². The third-order valence-corrected chi connectivity index (χ3v) is 24.9. The molecule has 482 valence electrons. The van der Waals surface area contributed by atoms with Crippen LogP contribution in [0.1, 0.15) is 383 Å². The van der Waals surface area contributed by atoms with E-state index in [2.05, 4.69) is 110 Å². The number of thiophene rings is 5. The average molecular weight is 1250 g/mol. The van der Waals surface area contributed by atoms with Crippen LogP contribution in [0.2, 0.25) is 0 Å². The molecule has 0 saturated carbocycles. The summed E-state index contributed by atoms with van der Waals surface area (Å²) < 4.78 is 0. The van der Waals surface area contributed by atoms with Crippen molar-refractivity contribution in [3.05, 3.63) is 68.9 Å². The van der Waals surface area contributed by atoms with Crippen LogP contribution in [0, 0.1) is 0 Å². The van der Waals surface area contributed by atoms with E-state index in [1.54, 1.807) is 57.1 Å². The summed E-state index contributed by atoms with van der Waals surface area (Å²) in [5.74, 6) is 0. The molecule has 0 amide bonds. The number of hydrogen-bond donors (Lipinski definition) is 0. The normalized spacial score (nSPS) is 11.8. The molecule has 0 aliphatic heterocycles. The lowest BCUT2D eigenvalue weighted by Gasteiger charge is -2.07. The molecule has 0 aliphatic rings. The maximum atomic E-state index is 2.73. The molecule has 5 heterocycles. The van der Waals surface area contributed by atoms with E-state index >= 15 is 0 Å². The number of rotatable bonds is 59. The molecule has 0 aliphatic carbocycles. The van der Waals surface area contributed by atoms with Crippen LogP contribution in [-0.2, 0) is 32.1 Å². The minimum Gasteiger partial charge on any atom is -0.143 e. The van der Waals surface area contributed by atoms with Gasteiger partial charge in [0.1, 0.15) is 0 Å². The molecule has 85 heavy (non-hydrogen) atoms. The van der Waals surface area contributed by atoms with E-state index in [0.717, 1.165) is 0 Å². The zero-order valence-corrected chi connectivity index (χ0v) is 60.6. The van der Waals surface area contributed by atoms with Crippen molar-refractivity contribution in [3.8, 4) is 39.0 Å². The Balaban J connectivity index is 1.40. The predicted molar refractivity (Wildman–Crippen MR) is 395 cm³/mol. The first kappa shape index (κ1) is 74.2. The van der Waals surface area contributed by atoms with Gasteiger partial charge < -0.3 is 0 Å². The molecule has 0 fully saturated rings. The summed E-state index contributed by atoms with van der Waals surface area (Å²) in [6.45, 7) is 11.7. The van der Waals surface area contributed by atoms with E-state index in [9.17, 15) is 0 Å². The Kier molecular flexibility index (Phi) is 43.8. The molecule has 5 aromatic rings. The maximum Gasteiger partial charge on any atom is 0.0484 e. The fraction of sp³-hybridized carbons (Fsp3) is 0.750. The molecule has 0 aromatic carbocycles. The molecule has 5 aromatic heterocycles. The van der Waals surface area contributed by atoms with Gasteiger partial charge in [-0.1, -0.05) is 324 Å². The molecule has 0 N–H and O–H groups in total. The molecule has 0 spiro atoms. The van der Waals surface area contributed by atoms with Crippen LogP contribution in [0.4, 0.5) is 0 Å². The lowest BCUT2D eigenvalue weighted by Crippen LogP contribution is -1.90. The fourth-order valence-electron chi connectivity index (χ4n) is 13.3. The van der Waals surface area contributed by atoms with Gasteiger partial charge in [-0.25, -0.2) is 0 Å². The third kappa shape index (κ3) is 31.4. The second kappa shape index (κ2) is 50.2. The van der Waals surface area contributed by atoms with Crippen molar-refractivity contribution in [3.63, 3.8) is 0 Å². The smallest absolute Gasteiger partial charge is 0.0484 e. The first-order valence-corrected chi connectivity index (χ1v) is 41.8. The van der Waals surface area contributed by atoms with Gasteiger partial charge in [0.2, 0.25) is 0 Å². The van der Waals surface area contributed by atoms with E-state index in [1.165, 1.54) is 363 Å². The highest BCUT2D eigenvalue weighted by Gasteiger charge is 2.23. The van der Waals surface area contributed by atoms with Gasteiger partial charge in [0.15, 0.2) is 0 Å². The number of aryl methyl sites for hydroxylation is 5. The van der Waals surface area contributed by atoms with Crippen molar-refractivity contribution in [2.45, 2.75) is 388 Å². The lowest BCUT2D eigenvalue weighted by molar-refractivity contribution is 0.556. The summed E-state index contributed by atoms with van der Waals surface area (Å²) in [4.78, 5) is 12.7. The average Bonchev–Trinajstić information content (AvgIpc) is 3.44. The second-order valence-electron chi connectivity index (χ2n) is 26.6. The molecular weight excluding hydrogens is 1120 g/mol. The van der Waals surface area contributed by atoms with Gasteiger partial charge in [0.25, 0.3) is 0 Å². The van der Waals surface area contributed by atoms with Crippen LogP contribution in [0.3, 0.4) is 0 Å². The van der Waals surface area contributed by atoms with E-state index in [1.807, 2.05) is 22.7 Å². The van der Waals surface area contributed by atoms with Gasteiger partial charge in [-0.3, -0.25) is 0 Å². The molecule has 0 radical (unpaired) electrons. The molecule has 5 heteroatoms. The monoisotopic (exact) mass is 1250 g/mol. The summed E-state index contributed by atoms with van der Waals surface area (Å²) in [6.07, 6.45) is 76.2. The Hall–Kier alpha value is -1.50. The predicted octanol–water partition coefficient (Wildman–Crippen LogP) is 31.0. The highest BCUT2D eigenvalue weighted by atomic mass is 32.1. The van der Waals surface area contributed by atoms with Gasteiger partial charge in [0, 0.05) is 39.0 Å². The highest BCUT2D eigenvalue weighted by Crippen LogP contribution is 2.50. The Labute approximate surface area is 548 Å². The second-order valence-corrected chi connectivity index (χ2v) is 31.6. The third-order valence-electron chi connectivity index (χ3n) is 18.8. The van der Waals surface area contributed by atoms with Gasteiger partial charge in [-0.2, -0.15) is 0 Å². The molecular formula is C80H132S5. The fourth-order valence-corrected chi connectivity index (χ4v) is 19.5. The Morgan fingerprint density at radius 3 is 0.671 bits per heavy atom. The molecule has 0 nitrogen and oxygen atoms in total. The van der Waals surface area contributed by atoms with Crippen molar-refractivity contribution in [2.24, 2.45) is 0 Å². The van der Waals surface area contributed by atoms with Crippen LogP contribution >= 0.6 is 56.7 Å². The van der Waals surface area contributed by atoms with Gasteiger partial charge in [0.05, 0.1) is 0 Å². The summed E-state index contributed by atoms with van der Waals surface area (Å²) in [6, 6.07) is 13.2. The van der Waals surface area contributed by atoms with Gasteiger partial charge in [-0.05, 0) is 133 Å². The van der Waals surface area contributed by atoms with E-state index < -0.39 is 0 Å². The highest BCUT2D eigenvalue weighted by molar-refractivity contribution is 7.29. The SMILES string of the molecule is CCCCCCCCCCCCc1cc(-c2cc(CCCCCCCCCCCC)c(-c3sccc3CCCCCCCCCCCC)s2)sc1-c1cc(CCCCCCCCCCCC)c(-c2sccc2CCCCCCCCCCCC)s1. The molecule has 0 saturated heterocycles. The lowest BCUT2D eigenvalue weighted by atomic mass is 10.0. The first-order chi connectivity index (χ1) is 42.1. The molecule has 5 rings (SSSR count). The Morgan fingerprint density at radius 1 is 0.200 bits per heavy atom. The minimum atomic E-state index is 1.21. The van der Waals surface area contributed by atoms with E-state index in [0.29, 0.717) is 0 Å². The van der Waals surface area contributed by atoms with Crippen molar-refractivity contribution in [1.82, 2.24) is 0 Å². The van der Waals surface area contributed by atoms with Crippen LogP contribution < -0.4 is 0 Å². The zero-order chi connectivity index (χ0) is 59.9. The van der Waals surface area contributed by atoms with Crippen molar-refractivity contribution in [1.29, 1.82) is 0 Å². The van der Waals surface area contributed by atoms with E-state index in [4.69, 9.17) is 0 Å². The van der Waals surface area contributed by atoms with Gasteiger partial charge >= 0.3 is 0 Å². The Morgan fingerprint density at radius 2 is 0.400 bits per heavy atom. The maximum absolute atomic E-state index is 2.73. The molecule has 0 bridgehead atoms.